The van der Waals surface area contributed by atoms with Gasteiger partial charge in [0, 0.05) is 30.5 Å². The fourth-order valence-electron chi connectivity index (χ4n) is 6.48. The number of piperidine rings is 1. The standard InChI is InChI=1S/C27H47N3O4S/c1-27(2,22-4-3-15-28-17-22)30-26(32)21-9-11-23(12-10-21)29-25(31)16-19-7-13-24(14-8-19)35(33,34)18-20-5-6-20/h19-24,28H,3-18H2,1-2H3,(H,29,31)(H,30,32). The van der Waals surface area contributed by atoms with Gasteiger partial charge in [0.25, 0.3) is 0 Å². The summed E-state index contributed by atoms with van der Waals surface area (Å²) in [6.07, 6.45) is 11.4. The van der Waals surface area contributed by atoms with E-state index < -0.39 is 9.84 Å². The summed E-state index contributed by atoms with van der Waals surface area (Å²) >= 11 is 0. The van der Waals surface area contributed by atoms with Crippen molar-refractivity contribution in [1.82, 2.24) is 16.0 Å². The topological polar surface area (TPSA) is 104 Å². The van der Waals surface area contributed by atoms with Crippen molar-refractivity contribution >= 4 is 21.7 Å². The van der Waals surface area contributed by atoms with Crippen LogP contribution in [0.5, 0.6) is 0 Å². The molecule has 0 aromatic carbocycles. The lowest BCUT2D eigenvalue weighted by molar-refractivity contribution is -0.128. The molecule has 3 aliphatic carbocycles. The molecule has 0 radical (unpaired) electrons. The molecule has 4 rings (SSSR count). The minimum Gasteiger partial charge on any atom is -0.353 e. The first kappa shape index (κ1) is 26.9. The summed E-state index contributed by atoms with van der Waals surface area (Å²) in [5.41, 5.74) is -0.203. The largest absolute Gasteiger partial charge is 0.353 e. The normalized spacial score (nSPS) is 32.6. The molecule has 4 aliphatic rings. The smallest absolute Gasteiger partial charge is 0.223 e. The number of carbonyl (C=O) groups is 2. The molecule has 1 atom stereocenters. The van der Waals surface area contributed by atoms with E-state index in [0.717, 1.165) is 77.3 Å². The molecule has 0 aromatic rings. The van der Waals surface area contributed by atoms with Gasteiger partial charge in [0.2, 0.25) is 11.8 Å². The van der Waals surface area contributed by atoms with Crippen LogP contribution in [-0.4, -0.2) is 55.9 Å². The maximum Gasteiger partial charge on any atom is 0.223 e. The molecule has 8 heteroatoms. The van der Waals surface area contributed by atoms with E-state index in [1.165, 1.54) is 0 Å². The van der Waals surface area contributed by atoms with Crippen molar-refractivity contribution < 1.29 is 18.0 Å². The molecule has 3 saturated carbocycles. The van der Waals surface area contributed by atoms with E-state index >= 15 is 0 Å². The predicted molar refractivity (Wildman–Crippen MR) is 139 cm³/mol. The van der Waals surface area contributed by atoms with Gasteiger partial charge in [0.1, 0.15) is 0 Å². The number of sulfone groups is 1. The maximum absolute atomic E-state index is 12.9. The van der Waals surface area contributed by atoms with Crippen LogP contribution in [-0.2, 0) is 19.4 Å². The zero-order chi connectivity index (χ0) is 25.1. The van der Waals surface area contributed by atoms with Crippen LogP contribution in [0.25, 0.3) is 0 Å². The van der Waals surface area contributed by atoms with Gasteiger partial charge in [-0.2, -0.15) is 0 Å². The minimum atomic E-state index is -2.96. The Balaban J connectivity index is 1.13. The SMILES string of the molecule is CC(C)(NC(=O)C1CCC(NC(=O)CC2CCC(S(=O)(=O)CC3CC3)CC2)CC1)C1CCCNC1. The highest BCUT2D eigenvalue weighted by Gasteiger charge is 2.37. The lowest BCUT2D eigenvalue weighted by Crippen LogP contribution is -2.55. The second kappa shape index (κ2) is 11.5. The van der Waals surface area contributed by atoms with Crippen LogP contribution in [0.3, 0.4) is 0 Å². The number of nitrogens with one attached hydrogen (secondary N) is 3. The van der Waals surface area contributed by atoms with Crippen molar-refractivity contribution in [3.05, 3.63) is 0 Å². The van der Waals surface area contributed by atoms with Crippen molar-refractivity contribution in [2.45, 2.75) is 114 Å². The van der Waals surface area contributed by atoms with Crippen molar-refractivity contribution in [3.8, 4) is 0 Å². The monoisotopic (exact) mass is 509 g/mol. The van der Waals surface area contributed by atoms with E-state index in [9.17, 15) is 18.0 Å². The lowest BCUT2D eigenvalue weighted by Gasteiger charge is -2.39. The summed E-state index contributed by atoms with van der Waals surface area (Å²) in [6, 6.07) is 0.150. The first-order valence-corrected chi connectivity index (χ1v) is 15.9. The molecule has 35 heavy (non-hydrogen) atoms. The van der Waals surface area contributed by atoms with Gasteiger partial charge >= 0.3 is 0 Å². The quantitative estimate of drug-likeness (QED) is 0.442. The van der Waals surface area contributed by atoms with Crippen molar-refractivity contribution in [2.24, 2.45) is 23.7 Å². The molecule has 0 aromatic heterocycles. The van der Waals surface area contributed by atoms with E-state index in [1.807, 2.05) is 0 Å². The minimum absolute atomic E-state index is 0.0341. The third-order valence-corrected chi connectivity index (χ3v) is 11.6. The third-order valence-electron chi connectivity index (χ3n) is 9.17. The molecule has 3 N–H and O–H groups in total. The second-order valence-electron chi connectivity index (χ2n) is 12.5. The van der Waals surface area contributed by atoms with Gasteiger partial charge in [0.15, 0.2) is 9.84 Å². The number of rotatable bonds is 9. The van der Waals surface area contributed by atoms with Crippen molar-refractivity contribution in [3.63, 3.8) is 0 Å². The van der Waals surface area contributed by atoms with Gasteiger partial charge in [-0.3, -0.25) is 9.59 Å². The van der Waals surface area contributed by atoms with Crippen LogP contribution in [0, 0.1) is 23.7 Å². The highest BCUT2D eigenvalue weighted by atomic mass is 32.2. The Morgan fingerprint density at radius 2 is 1.54 bits per heavy atom. The van der Waals surface area contributed by atoms with Gasteiger partial charge in [-0.25, -0.2) is 8.42 Å². The fourth-order valence-corrected chi connectivity index (χ4v) is 8.74. The predicted octanol–water partition coefficient (Wildman–Crippen LogP) is 3.33. The molecule has 0 bridgehead atoms. The van der Waals surface area contributed by atoms with Crippen LogP contribution < -0.4 is 16.0 Å². The average Bonchev–Trinajstić information content (AvgIpc) is 3.63. The van der Waals surface area contributed by atoms with Crippen LogP contribution in [0.2, 0.25) is 0 Å². The van der Waals surface area contributed by atoms with Gasteiger partial charge in [0.05, 0.1) is 11.0 Å². The third kappa shape index (κ3) is 7.67. The number of hydrogen-bond donors (Lipinski definition) is 3. The van der Waals surface area contributed by atoms with E-state index in [2.05, 4.69) is 29.8 Å². The molecule has 200 valence electrons. The molecule has 1 saturated heterocycles. The fraction of sp³-hybridized carbons (Fsp3) is 0.926. The number of carbonyl (C=O) groups excluding carboxylic acids is 2. The summed E-state index contributed by atoms with van der Waals surface area (Å²) < 4.78 is 25.1. The first-order chi connectivity index (χ1) is 16.6. The van der Waals surface area contributed by atoms with Crippen molar-refractivity contribution in [2.75, 3.05) is 18.8 Å². The van der Waals surface area contributed by atoms with Crippen LogP contribution in [0.15, 0.2) is 0 Å². The van der Waals surface area contributed by atoms with Gasteiger partial charge in [-0.05, 0) is 115 Å². The summed E-state index contributed by atoms with van der Waals surface area (Å²) in [6.45, 7) is 6.32. The van der Waals surface area contributed by atoms with Crippen molar-refractivity contribution in [1.29, 1.82) is 0 Å². The Morgan fingerprint density at radius 1 is 0.886 bits per heavy atom. The number of amides is 2. The molecule has 0 spiro atoms. The van der Waals surface area contributed by atoms with E-state index in [1.54, 1.807) is 0 Å². The first-order valence-electron chi connectivity index (χ1n) is 14.2. The molecular formula is C27H47N3O4S. The van der Waals surface area contributed by atoms with Crippen LogP contribution in [0.1, 0.15) is 97.3 Å². The Hall–Kier alpha value is -1.15. The zero-order valence-corrected chi connectivity index (χ0v) is 22.6. The van der Waals surface area contributed by atoms with E-state index in [4.69, 9.17) is 0 Å². The molecule has 1 heterocycles. The molecule has 7 nitrogen and oxygen atoms in total. The highest BCUT2D eigenvalue weighted by molar-refractivity contribution is 7.92. The Kier molecular flexibility index (Phi) is 8.83. The molecule has 2 amide bonds. The van der Waals surface area contributed by atoms with Gasteiger partial charge < -0.3 is 16.0 Å². The van der Waals surface area contributed by atoms with Crippen LogP contribution >= 0.6 is 0 Å². The molecule has 1 unspecified atom stereocenters. The van der Waals surface area contributed by atoms with Gasteiger partial charge in [-0.1, -0.05) is 0 Å². The second-order valence-corrected chi connectivity index (χ2v) is 14.8. The van der Waals surface area contributed by atoms with Gasteiger partial charge in [-0.15, -0.1) is 0 Å². The Morgan fingerprint density at radius 3 is 2.14 bits per heavy atom. The summed E-state index contributed by atoms with van der Waals surface area (Å²) in [4.78, 5) is 25.6. The number of hydrogen-bond acceptors (Lipinski definition) is 5. The summed E-state index contributed by atoms with van der Waals surface area (Å²) in [5.74, 6) is 1.83. The zero-order valence-electron chi connectivity index (χ0n) is 21.8. The molecule has 1 aliphatic heterocycles. The van der Waals surface area contributed by atoms with Crippen LogP contribution in [0.4, 0.5) is 0 Å². The lowest BCUT2D eigenvalue weighted by atomic mass is 9.80. The Labute approximate surface area is 212 Å². The highest BCUT2D eigenvalue weighted by Crippen LogP contribution is 2.36. The molecule has 4 fully saturated rings. The summed E-state index contributed by atoms with van der Waals surface area (Å²) in [5, 5.41) is 9.78. The van der Waals surface area contributed by atoms with E-state index in [-0.39, 0.29) is 34.6 Å². The van der Waals surface area contributed by atoms with E-state index in [0.29, 0.717) is 42.8 Å². The Bertz CT molecular complexity index is 832. The maximum atomic E-state index is 12.9. The average molecular weight is 510 g/mol. The summed E-state index contributed by atoms with van der Waals surface area (Å²) in [7, 11) is -2.96. The molecular weight excluding hydrogens is 462 g/mol.